The Labute approximate surface area is 256 Å². The van der Waals surface area contributed by atoms with Gasteiger partial charge in [0.1, 0.15) is 6.61 Å². The van der Waals surface area contributed by atoms with Gasteiger partial charge in [0.25, 0.3) is 0 Å². The zero-order valence-electron chi connectivity index (χ0n) is 26.2. The van der Waals surface area contributed by atoms with Gasteiger partial charge >= 0.3 is 12.1 Å². The van der Waals surface area contributed by atoms with Gasteiger partial charge in [-0.15, -0.1) is 0 Å². The van der Waals surface area contributed by atoms with Crippen LogP contribution in [0.3, 0.4) is 0 Å². The summed E-state index contributed by atoms with van der Waals surface area (Å²) in [7, 11) is 1.53. The molecule has 3 heterocycles. The summed E-state index contributed by atoms with van der Waals surface area (Å²) in [6, 6.07) is 10.3. The summed E-state index contributed by atoms with van der Waals surface area (Å²) < 4.78 is 18.5. The smallest absolute Gasteiger partial charge is 0.411 e. The Kier molecular flexibility index (Phi) is 8.62. The number of benzene rings is 2. The Morgan fingerprint density at radius 2 is 1.73 bits per heavy atom. The van der Waals surface area contributed by atoms with E-state index < -0.39 is 23.8 Å². The Bertz CT molecular complexity index is 1690. The van der Waals surface area contributed by atoms with E-state index in [1.807, 2.05) is 63.8 Å². The first-order chi connectivity index (χ1) is 20.9. The molecule has 0 fully saturated rings. The number of carbonyl (C=O) groups excluding carboxylic acids is 1. The lowest BCUT2D eigenvalue weighted by Crippen LogP contribution is -2.32. The molecular weight excluding hydrogens is 562 g/mol. The maximum atomic E-state index is 12.9. The van der Waals surface area contributed by atoms with Crippen molar-refractivity contribution in [3.05, 3.63) is 65.1 Å². The third-order valence-corrected chi connectivity index (χ3v) is 7.59. The zero-order chi connectivity index (χ0) is 31.8. The van der Waals surface area contributed by atoms with Crippen LogP contribution in [-0.2, 0) is 25.5 Å². The van der Waals surface area contributed by atoms with E-state index in [4.69, 9.17) is 14.2 Å². The monoisotopic (exact) mass is 601 g/mol. The van der Waals surface area contributed by atoms with Crippen molar-refractivity contribution in [3.8, 4) is 11.1 Å². The summed E-state index contributed by atoms with van der Waals surface area (Å²) in [5.41, 5.74) is 6.79. The fourth-order valence-corrected chi connectivity index (χ4v) is 5.73. The van der Waals surface area contributed by atoms with E-state index in [1.54, 1.807) is 0 Å². The van der Waals surface area contributed by atoms with Crippen molar-refractivity contribution < 1.29 is 28.9 Å². The van der Waals surface area contributed by atoms with E-state index in [-0.39, 0.29) is 6.61 Å². The van der Waals surface area contributed by atoms with Crippen LogP contribution in [0.15, 0.2) is 42.7 Å². The molecular formula is C33H39N5O6. The van der Waals surface area contributed by atoms with Crippen molar-refractivity contribution in [2.24, 2.45) is 0 Å². The number of ether oxygens (including phenoxy) is 3. The van der Waals surface area contributed by atoms with Gasteiger partial charge in [-0.1, -0.05) is 29.8 Å². The third-order valence-electron chi connectivity index (χ3n) is 7.59. The van der Waals surface area contributed by atoms with Crippen LogP contribution in [0.25, 0.3) is 22.0 Å². The van der Waals surface area contributed by atoms with E-state index in [1.165, 1.54) is 19.5 Å². The van der Waals surface area contributed by atoms with Crippen molar-refractivity contribution >= 4 is 40.3 Å². The summed E-state index contributed by atoms with van der Waals surface area (Å²) in [5.74, 6) is -0.638. The molecule has 0 saturated carbocycles. The van der Waals surface area contributed by atoms with Gasteiger partial charge in [0.05, 0.1) is 41.5 Å². The second-order valence-electron chi connectivity index (χ2n) is 12.0. The number of aromatic nitrogens is 3. The highest BCUT2D eigenvalue weighted by Gasteiger charge is 2.36. The Hall–Kier alpha value is -4.48. The number of carboxylic acids is 1. The SMILES string of the molecule is COCCOC(=O)Nc1cnc(N2CCn3c(C)cc4c(-c5ccc(C)cc5)c(C(OC(C)(C)C)C(=O)O)c(C)c2c43)nc1. The van der Waals surface area contributed by atoms with Crippen LogP contribution in [0.5, 0.6) is 0 Å². The minimum absolute atomic E-state index is 0.126. The summed E-state index contributed by atoms with van der Waals surface area (Å²) in [6.07, 6.45) is 1.19. The van der Waals surface area contributed by atoms with Gasteiger partial charge in [-0.3, -0.25) is 5.32 Å². The Morgan fingerprint density at radius 3 is 2.34 bits per heavy atom. The molecule has 2 N–H and O–H groups in total. The predicted octanol–water partition coefficient (Wildman–Crippen LogP) is 6.31. The number of anilines is 3. The molecule has 0 bridgehead atoms. The number of carboxylic acid groups (broad SMARTS) is 1. The fraction of sp³-hybridized carbons (Fsp3) is 0.394. The quantitative estimate of drug-likeness (QED) is 0.212. The van der Waals surface area contributed by atoms with E-state index >= 15 is 0 Å². The van der Waals surface area contributed by atoms with E-state index in [9.17, 15) is 14.7 Å². The molecule has 0 radical (unpaired) electrons. The molecule has 1 amide bonds. The number of aryl methyl sites for hydroxylation is 2. The number of nitrogens with one attached hydrogen (secondary N) is 1. The first kappa shape index (κ1) is 31.0. The highest BCUT2D eigenvalue weighted by molar-refractivity contribution is 6.08. The van der Waals surface area contributed by atoms with Crippen LogP contribution < -0.4 is 10.2 Å². The van der Waals surface area contributed by atoms with Crippen LogP contribution in [-0.4, -0.2) is 64.2 Å². The van der Waals surface area contributed by atoms with Gasteiger partial charge in [-0.25, -0.2) is 19.6 Å². The lowest BCUT2D eigenvalue weighted by atomic mass is 9.87. The molecule has 232 valence electrons. The number of nitrogens with zero attached hydrogens (tertiary/aromatic N) is 4. The van der Waals surface area contributed by atoms with Gasteiger partial charge < -0.3 is 28.8 Å². The molecule has 1 aliphatic rings. The normalized spacial score (nSPS) is 13.7. The predicted molar refractivity (Wildman–Crippen MR) is 169 cm³/mol. The first-order valence-electron chi connectivity index (χ1n) is 14.6. The molecule has 1 aliphatic heterocycles. The van der Waals surface area contributed by atoms with Crippen molar-refractivity contribution in [2.75, 3.05) is 37.1 Å². The minimum atomic E-state index is -1.23. The van der Waals surface area contributed by atoms with Gasteiger partial charge in [0.2, 0.25) is 5.95 Å². The molecule has 11 nitrogen and oxygen atoms in total. The van der Waals surface area contributed by atoms with E-state index in [0.29, 0.717) is 36.9 Å². The largest absolute Gasteiger partial charge is 0.479 e. The number of aliphatic carboxylic acids is 1. The van der Waals surface area contributed by atoms with Crippen molar-refractivity contribution in [3.63, 3.8) is 0 Å². The topological polar surface area (TPSA) is 128 Å². The van der Waals surface area contributed by atoms with Crippen LogP contribution in [0, 0.1) is 20.8 Å². The Morgan fingerprint density at radius 1 is 1.05 bits per heavy atom. The number of methoxy groups -OCH3 is 1. The lowest BCUT2D eigenvalue weighted by molar-refractivity contribution is -0.160. The molecule has 4 aromatic rings. The number of hydrogen-bond acceptors (Lipinski definition) is 8. The molecule has 5 rings (SSSR count). The molecule has 2 aromatic carbocycles. The first-order valence-corrected chi connectivity index (χ1v) is 14.6. The van der Waals surface area contributed by atoms with Gasteiger partial charge in [-0.05, 0) is 64.3 Å². The van der Waals surface area contributed by atoms with Crippen molar-refractivity contribution in [1.82, 2.24) is 14.5 Å². The summed E-state index contributed by atoms with van der Waals surface area (Å²) in [4.78, 5) is 36.2. The summed E-state index contributed by atoms with van der Waals surface area (Å²) in [5, 5.41) is 14.1. The second-order valence-corrected chi connectivity index (χ2v) is 12.0. The molecule has 0 spiro atoms. The second kappa shape index (κ2) is 12.3. The molecule has 1 atom stereocenters. The van der Waals surface area contributed by atoms with Crippen molar-refractivity contribution in [2.45, 2.75) is 59.8 Å². The summed E-state index contributed by atoms with van der Waals surface area (Å²) >= 11 is 0. The minimum Gasteiger partial charge on any atom is -0.479 e. The van der Waals surface area contributed by atoms with Crippen LogP contribution >= 0.6 is 0 Å². The highest BCUT2D eigenvalue weighted by atomic mass is 16.6. The fourth-order valence-electron chi connectivity index (χ4n) is 5.73. The Balaban J connectivity index is 1.68. The maximum Gasteiger partial charge on any atom is 0.411 e. The van der Waals surface area contributed by atoms with Crippen molar-refractivity contribution in [1.29, 1.82) is 0 Å². The lowest BCUT2D eigenvalue weighted by Gasteiger charge is -2.35. The molecule has 44 heavy (non-hydrogen) atoms. The molecule has 2 aromatic heterocycles. The number of carbonyl (C=O) groups is 2. The molecule has 1 unspecified atom stereocenters. The average Bonchev–Trinajstić information content (AvgIpc) is 3.30. The molecule has 0 saturated heterocycles. The third kappa shape index (κ3) is 6.11. The average molecular weight is 602 g/mol. The summed E-state index contributed by atoms with van der Waals surface area (Å²) in [6.45, 7) is 13.3. The van der Waals surface area contributed by atoms with Gasteiger partial charge in [0.15, 0.2) is 6.10 Å². The van der Waals surface area contributed by atoms with Crippen LogP contribution in [0.4, 0.5) is 22.1 Å². The highest BCUT2D eigenvalue weighted by Crippen LogP contribution is 2.49. The zero-order valence-corrected chi connectivity index (χ0v) is 26.2. The van der Waals surface area contributed by atoms with E-state index in [0.717, 1.165) is 44.5 Å². The maximum absolute atomic E-state index is 12.9. The number of amides is 1. The molecule has 11 heteroatoms. The van der Waals surface area contributed by atoms with Crippen LogP contribution in [0.2, 0.25) is 0 Å². The standard InChI is InChI=1S/C33H39N5O6/c1-19-8-10-22(11-9-19)26-24-16-20(2)37-12-13-38(31-34-17-23(18-35-31)36-32(41)43-15-14-42-7)27(28(24)37)21(3)25(26)29(30(39)40)44-33(4,5)6/h8-11,16-18,29H,12-15H2,1-7H3,(H,36,41)(H,39,40). The van der Waals surface area contributed by atoms with Gasteiger partial charge in [0, 0.05) is 36.8 Å². The number of hydrogen-bond donors (Lipinski definition) is 2. The van der Waals surface area contributed by atoms with Gasteiger partial charge in [-0.2, -0.15) is 0 Å². The van der Waals surface area contributed by atoms with E-state index in [2.05, 4.69) is 32.8 Å². The van der Waals surface area contributed by atoms with Crippen LogP contribution in [0.1, 0.15) is 49.3 Å². The molecule has 0 aliphatic carbocycles. The number of rotatable bonds is 9.